The number of ether oxygens (including phenoxy) is 1. The van der Waals surface area contributed by atoms with E-state index in [2.05, 4.69) is 5.32 Å². The topological polar surface area (TPSA) is 58.6 Å². The van der Waals surface area contributed by atoms with E-state index in [0.717, 1.165) is 42.4 Å². The lowest BCUT2D eigenvalue weighted by Crippen LogP contribution is -2.53. The van der Waals surface area contributed by atoms with E-state index in [1.807, 2.05) is 61.5 Å². The van der Waals surface area contributed by atoms with Gasteiger partial charge in [-0.2, -0.15) is 0 Å². The first-order valence-electron chi connectivity index (χ1n) is 13.1. The number of nitrogens with zero attached hydrogens (tertiary/aromatic N) is 1. The third kappa shape index (κ3) is 7.42. The van der Waals surface area contributed by atoms with Crippen LogP contribution in [-0.2, 0) is 22.6 Å². The number of amides is 2. The van der Waals surface area contributed by atoms with Crippen LogP contribution in [0.5, 0.6) is 5.75 Å². The van der Waals surface area contributed by atoms with Crippen LogP contribution in [0.2, 0.25) is 0 Å². The zero-order valence-corrected chi connectivity index (χ0v) is 21.4. The maximum absolute atomic E-state index is 14.2. The molecule has 0 unspecified atom stereocenters. The van der Waals surface area contributed by atoms with Crippen molar-refractivity contribution < 1.29 is 18.7 Å². The van der Waals surface area contributed by atoms with Crippen LogP contribution < -0.4 is 10.1 Å². The zero-order valence-electron chi connectivity index (χ0n) is 21.4. The predicted molar refractivity (Wildman–Crippen MR) is 143 cm³/mol. The molecule has 0 aliphatic heterocycles. The Bertz CT molecular complexity index is 1180. The average Bonchev–Trinajstić information content (AvgIpc) is 2.92. The van der Waals surface area contributed by atoms with E-state index in [-0.39, 0.29) is 36.8 Å². The second kappa shape index (κ2) is 13.0. The molecule has 0 spiro atoms. The Labute approximate surface area is 218 Å². The second-order valence-corrected chi connectivity index (χ2v) is 9.72. The van der Waals surface area contributed by atoms with Gasteiger partial charge >= 0.3 is 0 Å². The highest BCUT2D eigenvalue weighted by atomic mass is 19.1. The smallest absolute Gasteiger partial charge is 0.261 e. The van der Waals surface area contributed by atoms with Crippen molar-refractivity contribution in [2.45, 2.75) is 64.1 Å². The van der Waals surface area contributed by atoms with Crippen molar-refractivity contribution in [2.24, 2.45) is 0 Å². The average molecular weight is 503 g/mol. The molecule has 1 saturated carbocycles. The number of rotatable bonds is 10. The Morgan fingerprint density at radius 2 is 1.62 bits per heavy atom. The first-order valence-corrected chi connectivity index (χ1v) is 13.1. The van der Waals surface area contributed by atoms with Gasteiger partial charge < -0.3 is 15.0 Å². The molecular formula is C31H35FN2O3. The summed E-state index contributed by atoms with van der Waals surface area (Å²) in [5, 5.41) is 3.22. The summed E-state index contributed by atoms with van der Waals surface area (Å²) in [6, 6.07) is 22.9. The monoisotopic (exact) mass is 502 g/mol. The van der Waals surface area contributed by atoms with E-state index >= 15 is 0 Å². The summed E-state index contributed by atoms with van der Waals surface area (Å²) >= 11 is 0. The lowest BCUT2D eigenvalue weighted by molar-refractivity contribution is -0.143. The number of benzene rings is 3. The van der Waals surface area contributed by atoms with Gasteiger partial charge in [0.2, 0.25) is 5.91 Å². The molecule has 0 heterocycles. The van der Waals surface area contributed by atoms with Crippen molar-refractivity contribution >= 4 is 11.8 Å². The van der Waals surface area contributed by atoms with Gasteiger partial charge in [0, 0.05) is 19.0 Å². The molecule has 0 saturated heterocycles. The van der Waals surface area contributed by atoms with Crippen LogP contribution in [0.4, 0.5) is 4.39 Å². The lowest BCUT2D eigenvalue weighted by atomic mass is 9.94. The Morgan fingerprint density at radius 3 is 2.35 bits per heavy atom. The molecule has 3 aromatic rings. The highest BCUT2D eigenvalue weighted by Gasteiger charge is 2.32. The molecule has 0 aromatic heterocycles. The Morgan fingerprint density at radius 1 is 0.946 bits per heavy atom. The highest BCUT2D eigenvalue weighted by molar-refractivity contribution is 5.88. The minimum Gasteiger partial charge on any atom is -0.481 e. The summed E-state index contributed by atoms with van der Waals surface area (Å²) in [6.45, 7) is 1.87. The van der Waals surface area contributed by atoms with Crippen molar-refractivity contribution in [1.82, 2.24) is 10.2 Å². The molecule has 1 fully saturated rings. The third-order valence-corrected chi connectivity index (χ3v) is 7.01. The zero-order chi connectivity index (χ0) is 26.0. The lowest BCUT2D eigenvalue weighted by Gasteiger charge is -2.33. The van der Waals surface area contributed by atoms with Crippen LogP contribution in [0.25, 0.3) is 0 Å². The van der Waals surface area contributed by atoms with Crippen LogP contribution in [0.3, 0.4) is 0 Å². The number of carbonyl (C=O) groups is 2. The summed E-state index contributed by atoms with van der Waals surface area (Å²) in [5.41, 5.74) is 2.94. The van der Waals surface area contributed by atoms with Gasteiger partial charge in [-0.25, -0.2) is 4.39 Å². The first kappa shape index (κ1) is 26.4. The van der Waals surface area contributed by atoms with Gasteiger partial charge in [0.1, 0.15) is 6.04 Å². The van der Waals surface area contributed by atoms with Crippen LogP contribution in [0, 0.1) is 12.7 Å². The van der Waals surface area contributed by atoms with E-state index in [4.69, 9.17) is 4.74 Å². The van der Waals surface area contributed by atoms with Crippen molar-refractivity contribution in [2.75, 3.05) is 6.61 Å². The van der Waals surface area contributed by atoms with Crippen LogP contribution >= 0.6 is 0 Å². The molecule has 2 amide bonds. The molecule has 1 N–H and O–H groups in total. The van der Waals surface area contributed by atoms with Crippen LogP contribution in [0.15, 0.2) is 78.9 Å². The number of carbonyl (C=O) groups excluding carboxylic acids is 2. The largest absolute Gasteiger partial charge is 0.481 e. The van der Waals surface area contributed by atoms with Gasteiger partial charge in [-0.3, -0.25) is 9.59 Å². The first-order chi connectivity index (χ1) is 18.0. The summed E-state index contributed by atoms with van der Waals surface area (Å²) in [6.07, 6.45) is 5.65. The Balaban J connectivity index is 1.62. The van der Waals surface area contributed by atoms with Gasteiger partial charge in [-0.05, 0) is 48.6 Å². The molecular weight excluding hydrogens is 467 g/mol. The van der Waals surface area contributed by atoms with E-state index in [0.29, 0.717) is 6.42 Å². The molecule has 37 heavy (non-hydrogen) atoms. The number of aryl methyl sites for hydroxylation is 1. The normalized spacial score (nSPS) is 14.5. The number of hydrogen-bond acceptors (Lipinski definition) is 3. The predicted octanol–water partition coefficient (Wildman–Crippen LogP) is 5.60. The Kier molecular flexibility index (Phi) is 9.30. The SMILES string of the molecule is Cc1ccccc1CN(C(=O)COc1ccccc1F)[C@@H](Cc1ccccc1)C(=O)NC1CCCCC1. The van der Waals surface area contributed by atoms with E-state index in [1.54, 1.807) is 17.0 Å². The fourth-order valence-electron chi connectivity index (χ4n) is 4.85. The minimum atomic E-state index is -0.736. The van der Waals surface area contributed by atoms with Gasteiger partial charge in [0.25, 0.3) is 5.91 Å². The van der Waals surface area contributed by atoms with Gasteiger partial charge in [0.05, 0.1) is 0 Å². The molecule has 5 nitrogen and oxygen atoms in total. The van der Waals surface area contributed by atoms with Gasteiger partial charge in [-0.15, -0.1) is 0 Å². The minimum absolute atomic E-state index is 0.0120. The van der Waals surface area contributed by atoms with E-state index in [9.17, 15) is 14.0 Å². The third-order valence-electron chi connectivity index (χ3n) is 7.01. The van der Waals surface area contributed by atoms with Crippen molar-refractivity contribution in [1.29, 1.82) is 0 Å². The number of para-hydroxylation sites is 1. The van der Waals surface area contributed by atoms with Crippen molar-refractivity contribution in [3.63, 3.8) is 0 Å². The fourth-order valence-corrected chi connectivity index (χ4v) is 4.85. The molecule has 1 aliphatic rings. The summed E-state index contributed by atoms with van der Waals surface area (Å²) < 4.78 is 19.7. The maximum atomic E-state index is 14.2. The van der Waals surface area contributed by atoms with Crippen molar-refractivity contribution in [3.8, 4) is 5.75 Å². The summed E-state index contributed by atoms with van der Waals surface area (Å²) in [5.74, 6) is -1.05. The summed E-state index contributed by atoms with van der Waals surface area (Å²) in [4.78, 5) is 29.0. The van der Waals surface area contributed by atoms with Crippen molar-refractivity contribution in [3.05, 3.63) is 101 Å². The quantitative estimate of drug-likeness (QED) is 0.393. The molecule has 4 rings (SSSR count). The van der Waals surface area contributed by atoms with Crippen LogP contribution in [-0.4, -0.2) is 35.4 Å². The Hall–Kier alpha value is -3.67. The standard InChI is InChI=1S/C31H35FN2O3/c1-23-12-8-9-15-25(23)21-34(30(35)22-37-29-19-11-10-18-27(29)32)28(20-24-13-4-2-5-14-24)31(36)33-26-16-6-3-7-17-26/h2,4-5,8-15,18-19,26,28H,3,6-7,16-17,20-22H2,1H3,(H,33,36)/t28-/m0/s1. The van der Waals surface area contributed by atoms with Gasteiger partial charge in [0.15, 0.2) is 18.2 Å². The number of hydrogen-bond donors (Lipinski definition) is 1. The van der Waals surface area contributed by atoms with Gasteiger partial charge in [-0.1, -0.05) is 86.0 Å². The molecule has 0 bridgehead atoms. The van der Waals surface area contributed by atoms with Crippen LogP contribution in [0.1, 0.15) is 48.8 Å². The summed E-state index contributed by atoms with van der Waals surface area (Å²) in [7, 11) is 0. The number of halogens is 1. The van der Waals surface area contributed by atoms with E-state index < -0.39 is 11.9 Å². The van der Waals surface area contributed by atoms with E-state index in [1.165, 1.54) is 18.6 Å². The maximum Gasteiger partial charge on any atom is 0.261 e. The highest BCUT2D eigenvalue weighted by Crippen LogP contribution is 2.21. The molecule has 1 aliphatic carbocycles. The number of nitrogens with one attached hydrogen (secondary N) is 1. The second-order valence-electron chi connectivity index (χ2n) is 9.72. The molecule has 3 aromatic carbocycles. The fraction of sp³-hybridized carbons (Fsp3) is 0.355. The molecule has 0 radical (unpaired) electrons. The molecule has 1 atom stereocenters. The molecule has 6 heteroatoms. The molecule has 194 valence electrons.